The van der Waals surface area contributed by atoms with Crippen LogP contribution in [-0.4, -0.2) is 49.1 Å². The average molecular weight is 209 g/mol. The van der Waals surface area contributed by atoms with Crippen molar-refractivity contribution < 1.29 is 15.4 Å². The Kier molecular flexibility index (Phi) is 24.9. The van der Waals surface area contributed by atoms with Crippen molar-refractivity contribution in [1.82, 2.24) is 0 Å². The third-order valence-corrected chi connectivity index (χ3v) is 0. The molecule has 0 aliphatic rings. The molecule has 4 nitrogen and oxygen atoms in total. The molecular formula is H2MgO4Sn. The third-order valence-electron chi connectivity index (χ3n) is 0. The van der Waals surface area contributed by atoms with Crippen molar-refractivity contribution in [3.63, 3.8) is 0 Å². The van der Waals surface area contributed by atoms with Crippen LogP contribution in [0.5, 0.6) is 0 Å². The molecule has 6 heavy (non-hydrogen) atoms. The van der Waals surface area contributed by atoms with Gasteiger partial charge in [0.1, 0.15) is 0 Å². The fraction of sp³-hybridized carbons (Fsp3) is 0. The van der Waals surface area contributed by atoms with Crippen molar-refractivity contribution in [3.05, 3.63) is 0 Å². The predicted molar refractivity (Wildman–Crippen MR) is 15.8 cm³/mol. The quantitative estimate of drug-likeness (QED) is 0.379. The number of hydrogen-bond donors (Lipinski definition) is 0. The topological polar surface area (TPSA) is 94.7 Å². The molecule has 0 aromatic carbocycles. The van der Waals surface area contributed by atoms with Gasteiger partial charge in [-0.25, -0.2) is 0 Å². The van der Waals surface area contributed by atoms with Crippen LogP contribution in [0.25, 0.3) is 0 Å². The summed E-state index contributed by atoms with van der Waals surface area (Å²) in [6, 6.07) is 0. The van der Waals surface area contributed by atoms with Gasteiger partial charge < -0.3 is 5.48 Å². The third kappa shape index (κ3) is 61.0. The van der Waals surface area contributed by atoms with Crippen molar-refractivity contribution in [1.29, 1.82) is 0 Å². The summed E-state index contributed by atoms with van der Waals surface area (Å²) >= 11 is -4.29. The minimum atomic E-state index is -4.29. The van der Waals surface area contributed by atoms with Crippen LogP contribution in [0, 0.1) is 0 Å². The van der Waals surface area contributed by atoms with Gasteiger partial charge >= 0.3 is 53.6 Å². The van der Waals surface area contributed by atoms with Crippen LogP contribution < -0.4 is 6.89 Å². The summed E-state index contributed by atoms with van der Waals surface area (Å²) in [5.74, 6) is 0. The molecule has 0 aromatic rings. The summed E-state index contributed by atoms with van der Waals surface area (Å²) in [6.45, 7) is 0. The van der Waals surface area contributed by atoms with Gasteiger partial charge in [-0.15, -0.1) is 0 Å². The maximum atomic E-state index is 8.61. The molecule has 0 unspecified atom stereocenters. The van der Waals surface area contributed by atoms with Crippen LogP contribution in [0.1, 0.15) is 0 Å². The number of rotatable bonds is 0. The van der Waals surface area contributed by atoms with E-state index < -0.39 is 20.6 Å². The van der Waals surface area contributed by atoms with Crippen molar-refractivity contribution in [2.75, 3.05) is 0 Å². The molecule has 0 bridgehead atoms. The molecule has 0 saturated heterocycles. The monoisotopic (exact) mass is 210 g/mol. The fourth-order valence-corrected chi connectivity index (χ4v) is 0. The number of hydrogen-bond acceptors (Lipinski definition) is 3. The Morgan fingerprint density at radius 1 is 1.33 bits per heavy atom. The van der Waals surface area contributed by atoms with E-state index in [-0.39, 0.29) is 28.5 Å². The van der Waals surface area contributed by atoms with E-state index in [2.05, 4.69) is 0 Å². The van der Waals surface area contributed by atoms with Crippen LogP contribution >= 0.6 is 0 Å². The van der Waals surface area contributed by atoms with E-state index in [4.69, 9.17) is 9.96 Å². The molecule has 0 radical (unpaired) electrons. The summed E-state index contributed by atoms with van der Waals surface area (Å²) < 4.78 is 25.8. The van der Waals surface area contributed by atoms with Gasteiger partial charge in [-0.05, 0) is 0 Å². The second kappa shape index (κ2) is 9.53. The van der Waals surface area contributed by atoms with Gasteiger partial charge in [-0.3, -0.25) is 0 Å². The van der Waals surface area contributed by atoms with Crippen LogP contribution in [0.2, 0.25) is 0 Å². The second-order valence-corrected chi connectivity index (χ2v) is 1.68. The predicted octanol–water partition coefficient (Wildman–Crippen LogP) is -4.08. The first-order valence-corrected chi connectivity index (χ1v) is 4.11. The van der Waals surface area contributed by atoms with Crippen LogP contribution in [0.3, 0.4) is 0 Å². The van der Waals surface area contributed by atoms with Crippen LogP contribution in [0.4, 0.5) is 0 Å². The van der Waals surface area contributed by atoms with Gasteiger partial charge in [0.15, 0.2) is 0 Å². The normalized spacial score (nSPS) is 4.33. The molecule has 0 fully saturated rings. The van der Waals surface area contributed by atoms with Gasteiger partial charge in [0.25, 0.3) is 0 Å². The molecule has 32 valence electrons. The van der Waals surface area contributed by atoms with E-state index in [0.717, 1.165) is 0 Å². The summed E-state index contributed by atoms with van der Waals surface area (Å²) in [7, 11) is 0. The van der Waals surface area contributed by atoms with E-state index in [1.54, 1.807) is 0 Å². The summed E-state index contributed by atoms with van der Waals surface area (Å²) in [5, 5.41) is 0. The zero-order chi connectivity index (χ0) is 3.58. The zero-order valence-electron chi connectivity index (χ0n) is 2.93. The molecule has 0 aliphatic heterocycles. The van der Waals surface area contributed by atoms with Gasteiger partial charge in [-0.1, -0.05) is 0 Å². The Balaban J connectivity index is -0.0000000450. The minimum absolute atomic E-state index is 0. The molecule has 0 rings (SSSR count). The van der Waals surface area contributed by atoms with E-state index in [1.807, 2.05) is 0 Å². The first-order valence-electron chi connectivity index (χ1n) is 0.612. The van der Waals surface area contributed by atoms with Crippen LogP contribution in [-0.2, 0) is 3.08 Å². The van der Waals surface area contributed by atoms with Crippen molar-refractivity contribution >= 4 is 43.6 Å². The van der Waals surface area contributed by atoms with Crippen molar-refractivity contribution in [2.45, 2.75) is 0 Å². The Hall–Kier alpha value is 1.24. The molecule has 0 aliphatic carbocycles. The molecular weight excluding hydrogens is 207 g/mol. The van der Waals surface area contributed by atoms with E-state index >= 15 is 0 Å². The molecule has 2 N–H and O–H groups in total. The molecule has 0 saturated carbocycles. The van der Waals surface area contributed by atoms with Gasteiger partial charge in [0.05, 0.1) is 0 Å². The summed E-state index contributed by atoms with van der Waals surface area (Å²) in [6.07, 6.45) is 0. The molecule has 0 spiro atoms. The molecule has 6 heteroatoms. The van der Waals surface area contributed by atoms with Gasteiger partial charge in [0, 0.05) is 0 Å². The first kappa shape index (κ1) is 15.7. The Labute approximate surface area is 58.8 Å². The Morgan fingerprint density at radius 3 is 1.33 bits per heavy atom. The molecule has 0 amide bonds. The molecule has 0 atom stereocenters. The van der Waals surface area contributed by atoms with E-state index in [9.17, 15) is 0 Å². The molecule has 0 aromatic heterocycles. The van der Waals surface area contributed by atoms with E-state index in [1.165, 1.54) is 0 Å². The Morgan fingerprint density at radius 2 is 1.33 bits per heavy atom. The van der Waals surface area contributed by atoms with Gasteiger partial charge in [-0.2, -0.15) is 0 Å². The van der Waals surface area contributed by atoms with Crippen molar-refractivity contribution in [2.24, 2.45) is 0 Å². The zero-order valence-corrected chi connectivity index (χ0v) is 7.20. The maximum absolute atomic E-state index is 8.61. The summed E-state index contributed by atoms with van der Waals surface area (Å²) in [4.78, 5) is 0. The van der Waals surface area contributed by atoms with Gasteiger partial charge in [0.2, 0.25) is 0 Å². The second-order valence-electron chi connectivity index (χ2n) is 0.250. The molecule has 0 heterocycles. The average Bonchev–Trinajstić information content (AvgIpc) is 0.811. The Bertz CT molecular complexity index is 30.5. The van der Waals surface area contributed by atoms with Crippen LogP contribution in [0.15, 0.2) is 0 Å². The standard InChI is InChI=1S/Mg.H2O.3O.Sn/h;1H2;;;;/q+2;;;2*-1;. The van der Waals surface area contributed by atoms with E-state index in [0.29, 0.717) is 0 Å². The fourth-order valence-electron chi connectivity index (χ4n) is 0. The first-order chi connectivity index (χ1) is 1.73. The summed E-state index contributed by atoms with van der Waals surface area (Å²) in [5.41, 5.74) is 0. The van der Waals surface area contributed by atoms with Crippen molar-refractivity contribution in [3.8, 4) is 0 Å². The SMILES string of the molecule is O.[Mg+2].[O]=[Sn]([O-])[O-].